The van der Waals surface area contributed by atoms with E-state index in [0.717, 1.165) is 5.56 Å². The first-order valence-corrected chi connectivity index (χ1v) is 4.50. The summed E-state index contributed by atoms with van der Waals surface area (Å²) in [5.41, 5.74) is 0.749. The van der Waals surface area contributed by atoms with Crippen molar-refractivity contribution in [1.29, 1.82) is 0 Å². The van der Waals surface area contributed by atoms with Crippen LogP contribution in [0.3, 0.4) is 0 Å². The van der Waals surface area contributed by atoms with Crippen LogP contribution >= 0.6 is 0 Å². The predicted octanol–water partition coefficient (Wildman–Crippen LogP) is 2.35. The van der Waals surface area contributed by atoms with Gasteiger partial charge in [-0.15, -0.1) is 0 Å². The van der Waals surface area contributed by atoms with Crippen LogP contribution in [0.5, 0.6) is 0 Å². The van der Waals surface area contributed by atoms with Crippen molar-refractivity contribution >= 4 is 11.6 Å². The second-order valence-corrected chi connectivity index (χ2v) is 3.30. The molecule has 0 radical (unpaired) electrons. The Balaban J connectivity index is 2.86. The molecule has 0 N–H and O–H groups in total. The molecule has 1 unspecified atom stereocenters. The molecule has 0 spiro atoms. The van der Waals surface area contributed by atoms with Crippen LogP contribution in [0, 0.1) is 6.92 Å². The number of Topliss-reactive ketones (excluding diaryl/α,β-unsaturated/α-hetero) is 2. The Hall–Kier alpha value is -1.65. The molecule has 1 aromatic carbocycles. The standard InChI is InChI=1S/C11H9F3O2/c1-6-2-4-7(5-3-6)9(15)8(12)10(16)11(13)14/h2-5,8,11H,1H3. The van der Waals surface area contributed by atoms with Crippen molar-refractivity contribution in [2.45, 2.75) is 19.5 Å². The first-order valence-electron chi connectivity index (χ1n) is 4.50. The molecular formula is C11H9F3O2. The Morgan fingerprint density at radius 2 is 1.56 bits per heavy atom. The van der Waals surface area contributed by atoms with E-state index in [0.29, 0.717) is 0 Å². The first-order chi connectivity index (χ1) is 7.43. The highest BCUT2D eigenvalue weighted by molar-refractivity contribution is 6.13. The highest BCUT2D eigenvalue weighted by Gasteiger charge is 2.32. The van der Waals surface area contributed by atoms with E-state index in [1.807, 2.05) is 0 Å². The van der Waals surface area contributed by atoms with Gasteiger partial charge in [-0.3, -0.25) is 9.59 Å². The summed E-state index contributed by atoms with van der Waals surface area (Å²) in [6.07, 6.45) is -6.26. The van der Waals surface area contributed by atoms with Gasteiger partial charge in [0.2, 0.25) is 17.7 Å². The molecule has 1 rings (SSSR count). The van der Waals surface area contributed by atoms with E-state index < -0.39 is 24.2 Å². The fourth-order valence-corrected chi connectivity index (χ4v) is 1.10. The minimum absolute atomic E-state index is 0.0906. The van der Waals surface area contributed by atoms with Crippen molar-refractivity contribution < 1.29 is 22.8 Å². The third kappa shape index (κ3) is 2.68. The van der Waals surface area contributed by atoms with Crippen LogP contribution in [0.1, 0.15) is 15.9 Å². The van der Waals surface area contributed by atoms with Crippen molar-refractivity contribution in [1.82, 2.24) is 0 Å². The molecule has 1 aromatic rings. The number of alkyl halides is 3. The number of hydrogen-bond acceptors (Lipinski definition) is 2. The van der Waals surface area contributed by atoms with Gasteiger partial charge in [0, 0.05) is 5.56 Å². The Labute approximate surface area is 90.1 Å². The van der Waals surface area contributed by atoms with Crippen LogP contribution < -0.4 is 0 Å². The lowest BCUT2D eigenvalue weighted by Gasteiger charge is -2.05. The van der Waals surface area contributed by atoms with Gasteiger partial charge in [-0.05, 0) is 6.92 Å². The lowest BCUT2D eigenvalue weighted by atomic mass is 10.0. The first kappa shape index (κ1) is 12.4. The molecule has 5 heteroatoms. The largest absolute Gasteiger partial charge is 0.299 e. The molecule has 0 saturated carbocycles. The summed E-state index contributed by atoms with van der Waals surface area (Å²) in [7, 11) is 0. The monoisotopic (exact) mass is 230 g/mol. The zero-order chi connectivity index (χ0) is 12.3. The van der Waals surface area contributed by atoms with Gasteiger partial charge in [-0.25, -0.2) is 13.2 Å². The maximum absolute atomic E-state index is 13.0. The molecule has 1 atom stereocenters. The van der Waals surface area contributed by atoms with Crippen LogP contribution in [0.15, 0.2) is 24.3 Å². The molecule has 0 aliphatic carbocycles. The van der Waals surface area contributed by atoms with E-state index in [2.05, 4.69) is 0 Å². The molecule has 0 heterocycles. The smallest absolute Gasteiger partial charge is 0.290 e. The molecule has 2 nitrogen and oxygen atoms in total. The maximum atomic E-state index is 13.0. The van der Waals surface area contributed by atoms with Gasteiger partial charge < -0.3 is 0 Å². The average molecular weight is 230 g/mol. The zero-order valence-corrected chi connectivity index (χ0v) is 8.41. The van der Waals surface area contributed by atoms with E-state index in [-0.39, 0.29) is 5.56 Å². The zero-order valence-electron chi connectivity index (χ0n) is 8.41. The Morgan fingerprint density at radius 3 is 2.00 bits per heavy atom. The van der Waals surface area contributed by atoms with Gasteiger partial charge in [0.25, 0.3) is 6.43 Å². The SMILES string of the molecule is Cc1ccc(C(=O)C(F)C(=O)C(F)F)cc1. The highest BCUT2D eigenvalue weighted by Crippen LogP contribution is 2.12. The van der Waals surface area contributed by atoms with Crippen LogP contribution in [-0.2, 0) is 4.79 Å². The van der Waals surface area contributed by atoms with Gasteiger partial charge in [-0.1, -0.05) is 29.8 Å². The van der Waals surface area contributed by atoms with Gasteiger partial charge in [0.05, 0.1) is 0 Å². The number of benzene rings is 1. The van der Waals surface area contributed by atoms with E-state index in [1.54, 1.807) is 6.92 Å². The van der Waals surface area contributed by atoms with E-state index >= 15 is 0 Å². The summed E-state index contributed by atoms with van der Waals surface area (Å²) in [5.74, 6) is -3.23. The number of halogens is 3. The minimum atomic E-state index is -3.47. The topological polar surface area (TPSA) is 34.1 Å². The summed E-state index contributed by atoms with van der Waals surface area (Å²) in [6, 6.07) is 5.66. The van der Waals surface area contributed by atoms with E-state index in [9.17, 15) is 22.8 Å². The Morgan fingerprint density at radius 1 is 1.06 bits per heavy atom. The molecule has 0 aliphatic rings. The summed E-state index contributed by atoms with van der Waals surface area (Å²) >= 11 is 0. The lowest BCUT2D eigenvalue weighted by Crippen LogP contribution is -2.30. The molecule has 0 bridgehead atoms. The minimum Gasteiger partial charge on any atom is -0.290 e. The molecule has 16 heavy (non-hydrogen) atoms. The van der Waals surface area contributed by atoms with Crippen molar-refractivity contribution in [2.75, 3.05) is 0 Å². The fraction of sp³-hybridized carbons (Fsp3) is 0.273. The maximum Gasteiger partial charge on any atom is 0.299 e. The van der Waals surface area contributed by atoms with Crippen LogP contribution in [0.2, 0.25) is 0 Å². The second kappa shape index (κ2) is 4.92. The number of aryl methyl sites for hydroxylation is 1. The molecule has 86 valence electrons. The molecule has 0 aliphatic heterocycles. The third-order valence-electron chi connectivity index (χ3n) is 2.03. The van der Waals surface area contributed by atoms with Crippen LogP contribution in [0.25, 0.3) is 0 Å². The summed E-state index contributed by atoms with van der Waals surface area (Å²) in [5, 5.41) is 0. The lowest BCUT2D eigenvalue weighted by molar-refractivity contribution is -0.132. The van der Waals surface area contributed by atoms with Gasteiger partial charge >= 0.3 is 0 Å². The van der Waals surface area contributed by atoms with Crippen molar-refractivity contribution in [3.05, 3.63) is 35.4 Å². The number of carbonyl (C=O) groups is 2. The Kier molecular flexibility index (Phi) is 3.82. The van der Waals surface area contributed by atoms with Crippen molar-refractivity contribution in [3.63, 3.8) is 0 Å². The molecule has 0 aromatic heterocycles. The van der Waals surface area contributed by atoms with E-state index in [4.69, 9.17) is 0 Å². The predicted molar refractivity (Wildman–Crippen MR) is 51.4 cm³/mol. The fourth-order valence-electron chi connectivity index (χ4n) is 1.10. The number of ketones is 2. The molecule has 0 fully saturated rings. The number of rotatable bonds is 4. The van der Waals surface area contributed by atoms with Gasteiger partial charge in [0.15, 0.2) is 0 Å². The van der Waals surface area contributed by atoms with Crippen molar-refractivity contribution in [2.24, 2.45) is 0 Å². The normalized spacial score (nSPS) is 12.6. The number of carbonyl (C=O) groups excluding carboxylic acids is 2. The summed E-state index contributed by atoms with van der Waals surface area (Å²) in [6.45, 7) is 1.76. The third-order valence-corrected chi connectivity index (χ3v) is 2.03. The molecule has 0 saturated heterocycles. The average Bonchev–Trinajstić information content (AvgIpc) is 2.27. The van der Waals surface area contributed by atoms with E-state index in [1.165, 1.54) is 24.3 Å². The van der Waals surface area contributed by atoms with Gasteiger partial charge in [-0.2, -0.15) is 0 Å². The van der Waals surface area contributed by atoms with Crippen LogP contribution in [-0.4, -0.2) is 24.2 Å². The number of hydrogen-bond donors (Lipinski definition) is 0. The molecular weight excluding hydrogens is 221 g/mol. The summed E-state index contributed by atoms with van der Waals surface area (Å²) in [4.78, 5) is 21.9. The van der Waals surface area contributed by atoms with Gasteiger partial charge in [0.1, 0.15) is 0 Å². The summed E-state index contributed by atoms with van der Waals surface area (Å²) < 4.78 is 36.8. The van der Waals surface area contributed by atoms with Crippen molar-refractivity contribution in [3.8, 4) is 0 Å². The quantitative estimate of drug-likeness (QED) is 0.587. The Bertz CT molecular complexity index is 398. The van der Waals surface area contributed by atoms with Crippen LogP contribution in [0.4, 0.5) is 13.2 Å². The second-order valence-electron chi connectivity index (χ2n) is 3.30. The highest BCUT2D eigenvalue weighted by atomic mass is 19.3. The molecule has 0 amide bonds.